The molecule has 0 radical (unpaired) electrons. The predicted molar refractivity (Wildman–Crippen MR) is 73.3 cm³/mol. The zero-order valence-electron chi connectivity index (χ0n) is 10.8. The first-order valence-corrected chi connectivity index (χ1v) is 6.88. The Hall–Kier alpha value is -0.640. The Labute approximate surface area is 113 Å². The van der Waals surface area contributed by atoms with Crippen molar-refractivity contribution in [2.24, 2.45) is 5.73 Å². The Morgan fingerprint density at radius 3 is 2.94 bits per heavy atom. The fourth-order valence-electron chi connectivity index (χ4n) is 2.56. The largest absolute Gasteiger partial charge is 0.329 e. The first-order chi connectivity index (χ1) is 8.61. The minimum Gasteiger partial charge on any atom is -0.329 e. The summed E-state index contributed by atoms with van der Waals surface area (Å²) in [5.74, 6) is -0.185. The molecule has 100 valence electrons. The minimum absolute atomic E-state index is 0.185. The molecule has 2 nitrogen and oxygen atoms in total. The molecule has 0 aromatic heterocycles. The van der Waals surface area contributed by atoms with Crippen LogP contribution in [0.3, 0.4) is 0 Å². The number of nitrogens with two attached hydrogens (primary N) is 1. The number of hydrogen-bond acceptors (Lipinski definition) is 2. The van der Waals surface area contributed by atoms with E-state index in [0.717, 1.165) is 18.5 Å². The second kappa shape index (κ2) is 6.00. The summed E-state index contributed by atoms with van der Waals surface area (Å²) in [5, 5.41) is 0.648. The third-order valence-electron chi connectivity index (χ3n) is 3.72. The highest BCUT2D eigenvalue weighted by molar-refractivity contribution is 6.31. The van der Waals surface area contributed by atoms with Gasteiger partial charge in [-0.05, 0) is 49.6 Å². The fourth-order valence-corrected chi connectivity index (χ4v) is 2.84. The van der Waals surface area contributed by atoms with E-state index in [1.54, 1.807) is 19.1 Å². The molecule has 1 aromatic rings. The van der Waals surface area contributed by atoms with E-state index in [1.165, 1.54) is 12.8 Å². The molecule has 4 heteroatoms. The summed E-state index contributed by atoms with van der Waals surface area (Å²) in [6, 6.07) is 3.66. The molecule has 1 saturated heterocycles. The lowest BCUT2D eigenvalue weighted by atomic mass is 10.0. The van der Waals surface area contributed by atoms with E-state index in [-0.39, 0.29) is 5.82 Å². The standard InChI is InChI=1S/C14H20ClFN2/c1-10-6-13(15)11(7-14(10)16)9-18-5-3-2-4-12(18)8-17/h6-7,12H,2-5,8-9,17H2,1H3. The van der Waals surface area contributed by atoms with Crippen molar-refractivity contribution in [2.75, 3.05) is 13.1 Å². The maximum atomic E-state index is 13.6. The number of nitrogens with zero attached hydrogens (tertiary/aromatic N) is 1. The van der Waals surface area contributed by atoms with Gasteiger partial charge < -0.3 is 5.73 Å². The molecule has 2 rings (SSSR count). The van der Waals surface area contributed by atoms with Crippen LogP contribution in [0.5, 0.6) is 0 Å². The van der Waals surface area contributed by atoms with Crippen LogP contribution in [0.15, 0.2) is 12.1 Å². The molecule has 2 N–H and O–H groups in total. The Balaban J connectivity index is 2.15. The first-order valence-electron chi connectivity index (χ1n) is 6.50. The summed E-state index contributed by atoms with van der Waals surface area (Å²) in [5.41, 5.74) is 7.25. The number of likely N-dealkylation sites (tertiary alicyclic amines) is 1. The van der Waals surface area contributed by atoms with Gasteiger partial charge in [-0.2, -0.15) is 0 Å². The SMILES string of the molecule is Cc1cc(Cl)c(CN2CCCCC2CN)cc1F. The Bertz CT molecular complexity index is 423. The summed E-state index contributed by atoms with van der Waals surface area (Å²) in [7, 11) is 0. The van der Waals surface area contributed by atoms with Gasteiger partial charge in [-0.15, -0.1) is 0 Å². The summed E-state index contributed by atoms with van der Waals surface area (Å²) in [6.45, 7) is 4.10. The third kappa shape index (κ3) is 3.02. The highest BCUT2D eigenvalue weighted by atomic mass is 35.5. The first kappa shape index (κ1) is 13.8. The van der Waals surface area contributed by atoms with Gasteiger partial charge in [-0.25, -0.2) is 4.39 Å². The van der Waals surface area contributed by atoms with Crippen LogP contribution in [0, 0.1) is 12.7 Å². The molecule has 0 spiro atoms. The Morgan fingerprint density at radius 1 is 1.44 bits per heavy atom. The molecular weight excluding hydrogens is 251 g/mol. The van der Waals surface area contributed by atoms with Crippen LogP contribution < -0.4 is 5.73 Å². The summed E-state index contributed by atoms with van der Waals surface area (Å²) >= 11 is 6.19. The lowest BCUT2D eigenvalue weighted by Crippen LogP contribution is -2.43. The molecule has 0 saturated carbocycles. The zero-order valence-corrected chi connectivity index (χ0v) is 11.5. The van der Waals surface area contributed by atoms with Crippen LogP contribution in [0.25, 0.3) is 0 Å². The van der Waals surface area contributed by atoms with Crippen molar-refractivity contribution in [2.45, 2.75) is 38.8 Å². The van der Waals surface area contributed by atoms with Crippen molar-refractivity contribution in [1.29, 1.82) is 0 Å². The van der Waals surface area contributed by atoms with Crippen LogP contribution in [0.1, 0.15) is 30.4 Å². The van der Waals surface area contributed by atoms with Gasteiger partial charge in [0.05, 0.1) is 0 Å². The van der Waals surface area contributed by atoms with Gasteiger partial charge in [-0.3, -0.25) is 4.90 Å². The number of hydrogen-bond donors (Lipinski definition) is 1. The van der Waals surface area contributed by atoms with Crippen LogP contribution in [-0.4, -0.2) is 24.0 Å². The summed E-state index contributed by atoms with van der Waals surface area (Å²) in [4.78, 5) is 2.32. The summed E-state index contributed by atoms with van der Waals surface area (Å²) < 4.78 is 13.6. The minimum atomic E-state index is -0.185. The Kier molecular flexibility index (Phi) is 4.60. The third-order valence-corrected chi connectivity index (χ3v) is 4.07. The molecule has 0 amide bonds. The van der Waals surface area contributed by atoms with Crippen molar-refractivity contribution in [3.05, 3.63) is 34.1 Å². The number of halogens is 2. The smallest absolute Gasteiger partial charge is 0.126 e. The molecule has 1 unspecified atom stereocenters. The highest BCUT2D eigenvalue weighted by Crippen LogP contribution is 2.25. The topological polar surface area (TPSA) is 29.3 Å². The average molecular weight is 271 g/mol. The predicted octanol–water partition coefficient (Wildman–Crippen LogP) is 3.10. The van der Waals surface area contributed by atoms with Gasteiger partial charge in [0.15, 0.2) is 0 Å². The molecule has 1 aliphatic heterocycles. The van der Waals surface area contributed by atoms with Gasteiger partial charge in [0.25, 0.3) is 0 Å². The lowest BCUT2D eigenvalue weighted by Gasteiger charge is -2.35. The van der Waals surface area contributed by atoms with Crippen molar-refractivity contribution in [1.82, 2.24) is 4.90 Å². The quantitative estimate of drug-likeness (QED) is 0.915. The number of aryl methyl sites for hydroxylation is 1. The van der Waals surface area contributed by atoms with Gasteiger partial charge in [0, 0.05) is 24.2 Å². The van der Waals surface area contributed by atoms with Crippen LogP contribution >= 0.6 is 11.6 Å². The zero-order chi connectivity index (χ0) is 13.1. The summed E-state index contributed by atoms with van der Waals surface area (Å²) in [6.07, 6.45) is 3.54. The molecule has 1 heterocycles. The number of piperidine rings is 1. The van der Waals surface area contributed by atoms with Crippen molar-refractivity contribution in [3.63, 3.8) is 0 Å². The lowest BCUT2D eigenvalue weighted by molar-refractivity contribution is 0.145. The van der Waals surface area contributed by atoms with E-state index in [0.29, 0.717) is 29.7 Å². The van der Waals surface area contributed by atoms with E-state index in [9.17, 15) is 4.39 Å². The molecule has 1 fully saturated rings. The second-order valence-electron chi connectivity index (χ2n) is 5.05. The molecule has 1 aromatic carbocycles. The van der Waals surface area contributed by atoms with E-state index in [1.807, 2.05) is 0 Å². The van der Waals surface area contributed by atoms with E-state index < -0.39 is 0 Å². The molecular formula is C14H20ClFN2. The monoisotopic (exact) mass is 270 g/mol. The maximum absolute atomic E-state index is 13.6. The van der Waals surface area contributed by atoms with Gasteiger partial charge in [0.1, 0.15) is 5.82 Å². The van der Waals surface area contributed by atoms with Crippen molar-refractivity contribution >= 4 is 11.6 Å². The van der Waals surface area contributed by atoms with E-state index >= 15 is 0 Å². The maximum Gasteiger partial charge on any atom is 0.126 e. The van der Waals surface area contributed by atoms with E-state index in [4.69, 9.17) is 17.3 Å². The molecule has 0 aliphatic carbocycles. The van der Waals surface area contributed by atoms with Crippen LogP contribution in [-0.2, 0) is 6.54 Å². The normalized spacial score (nSPS) is 21.2. The molecule has 1 atom stereocenters. The molecule has 0 bridgehead atoms. The fraction of sp³-hybridized carbons (Fsp3) is 0.571. The second-order valence-corrected chi connectivity index (χ2v) is 5.46. The average Bonchev–Trinajstić information content (AvgIpc) is 2.36. The van der Waals surface area contributed by atoms with Gasteiger partial charge in [0.2, 0.25) is 0 Å². The molecule has 1 aliphatic rings. The number of benzene rings is 1. The van der Waals surface area contributed by atoms with Gasteiger partial charge in [-0.1, -0.05) is 18.0 Å². The van der Waals surface area contributed by atoms with Crippen molar-refractivity contribution < 1.29 is 4.39 Å². The van der Waals surface area contributed by atoms with Crippen LogP contribution in [0.2, 0.25) is 5.02 Å². The van der Waals surface area contributed by atoms with Gasteiger partial charge >= 0.3 is 0 Å². The Morgan fingerprint density at radius 2 is 2.22 bits per heavy atom. The van der Waals surface area contributed by atoms with E-state index in [2.05, 4.69) is 4.90 Å². The molecule has 18 heavy (non-hydrogen) atoms. The number of rotatable bonds is 3. The van der Waals surface area contributed by atoms with Crippen molar-refractivity contribution in [3.8, 4) is 0 Å². The van der Waals surface area contributed by atoms with Crippen LogP contribution in [0.4, 0.5) is 4.39 Å². The highest BCUT2D eigenvalue weighted by Gasteiger charge is 2.22.